The lowest BCUT2D eigenvalue weighted by molar-refractivity contribution is -0.140. The van der Waals surface area contributed by atoms with Gasteiger partial charge in [0.15, 0.2) is 0 Å². The topological polar surface area (TPSA) is 67.8 Å². The van der Waals surface area contributed by atoms with Crippen LogP contribution in [0.5, 0.6) is 0 Å². The number of nitrogens with zero attached hydrogens (tertiary/aromatic N) is 1. The number of hydrogen-bond donors (Lipinski definition) is 1. The number of thioether (sulfide) groups is 1. The molecule has 1 aliphatic heterocycles. The first-order valence-electron chi connectivity index (χ1n) is 5.37. The molecule has 1 fully saturated rings. The Balaban J connectivity index is 2.17. The van der Waals surface area contributed by atoms with Crippen LogP contribution in [-0.4, -0.2) is 29.4 Å². The average molecular weight is 264 g/mol. The van der Waals surface area contributed by atoms with Crippen LogP contribution < -0.4 is 5.32 Å². The number of carbonyl (C=O) groups excluding carboxylic acids is 2. The summed E-state index contributed by atoms with van der Waals surface area (Å²) in [4.78, 5) is 26.9. The van der Waals surface area contributed by atoms with Crippen molar-refractivity contribution < 1.29 is 14.3 Å². The highest BCUT2D eigenvalue weighted by atomic mass is 32.2. The summed E-state index contributed by atoms with van der Waals surface area (Å²) in [5.74, 6) is 0.145. The SMILES string of the molecule is COC(=O)C[C@H]1SC(=O)NC1=Nc1ccccc1. The number of benzene rings is 1. The minimum Gasteiger partial charge on any atom is -0.469 e. The van der Waals surface area contributed by atoms with Crippen LogP contribution in [0.15, 0.2) is 35.3 Å². The van der Waals surface area contributed by atoms with E-state index >= 15 is 0 Å². The molecule has 0 unspecified atom stereocenters. The van der Waals surface area contributed by atoms with Crippen LogP contribution in [0.2, 0.25) is 0 Å². The number of amides is 1. The summed E-state index contributed by atoms with van der Waals surface area (Å²) >= 11 is 1.05. The molecule has 2 rings (SSSR count). The van der Waals surface area contributed by atoms with Crippen molar-refractivity contribution in [1.29, 1.82) is 0 Å². The minimum absolute atomic E-state index is 0.131. The summed E-state index contributed by atoms with van der Waals surface area (Å²) < 4.78 is 4.60. The molecule has 1 heterocycles. The van der Waals surface area contributed by atoms with Gasteiger partial charge in [-0.25, -0.2) is 4.99 Å². The molecule has 6 heteroatoms. The molecule has 1 saturated heterocycles. The molecule has 1 N–H and O–H groups in total. The lowest BCUT2D eigenvalue weighted by Gasteiger charge is -2.06. The number of rotatable bonds is 3. The molecule has 0 bridgehead atoms. The molecule has 1 amide bonds. The predicted octanol–water partition coefficient (Wildman–Crippen LogP) is 2.10. The molecule has 1 atom stereocenters. The van der Waals surface area contributed by atoms with Gasteiger partial charge < -0.3 is 10.1 Å². The van der Waals surface area contributed by atoms with Crippen molar-refractivity contribution in [1.82, 2.24) is 5.32 Å². The Morgan fingerprint density at radius 2 is 2.17 bits per heavy atom. The van der Waals surface area contributed by atoms with E-state index in [1.807, 2.05) is 30.3 Å². The van der Waals surface area contributed by atoms with E-state index in [-0.39, 0.29) is 22.9 Å². The molecule has 94 valence electrons. The normalized spacial score (nSPS) is 20.8. The smallest absolute Gasteiger partial charge is 0.307 e. The standard InChI is InChI=1S/C12H12N2O3S/c1-17-10(15)7-9-11(14-12(16)18-9)13-8-5-3-2-4-6-8/h2-6,9H,7H2,1H3,(H,13,14,16)/t9-/m1/s1. The summed E-state index contributed by atoms with van der Waals surface area (Å²) in [7, 11) is 1.32. The Bertz CT molecular complexity index is 487. The summed E-state index contributed by atoms with van der Waals surface area (Å²) in [5, 5.41) is 2.15. The highest BCUT2D eigenvalue weighted by molar-refractivity contribution is 8.15. The van der Waals surface area contributed by atoms with Gasteiger partial charge in [-0.05, 0) is 12.1 Å². The maximum Gasteiger partial charge on any atom is 0.307 e. The fourth-order valence-electron chi connectivity index (χ4n) is 1.51. The van der Waals surface area contributed by atoms with Gasteiger partial charge in [0, 0.05) is 0 Å². The fourth-order valence-corrected chi connectivity index (χ4v) is 2.38. The summed E-state index contributed by atoms with van der Waals surface area (Å²) in [6.45, 7) is 0. The van der Waals surface area contributed by atoms with Gasteiger partial charge >= 0.3 is 5.97 Å². The summed E-state index contributed by atoms with van der Waals surface area (Å²) in [6.07, 6.45) is 0.131. The molecular weight excluding hydrogens is 252 g/mol. The number of nitrogens with one attached hydrogen (secondary N) is 1. The molecule has 0 saturated carbocycles. The zero-order valence-electron chi connectivity index (χ0n) is 9.75. The zero-order chi connectivity index (χ0) is 13.0. The first kappa shape index (κ1) is 12.6. The van der Waals surface area contributed by atoms with Gasteiger partial charge in [0.05, 0.1) is 24.5 Å². The molecule has 1 aliphatic rings. The van der Waals surface area contributed by atoms with Crippen molar-refractivity contribution in [2.45, 2.75) is 11.7 Å². The Morgan fingerprint density at radius 3 is 2.83 bits per heavy atom. The number of carbonyl (C=O) groups is 2. The third-order valence-electron chi connectivity index (χ3n) is 2.37. The molecule has 0 radical (unpaired) electrons. The van der Waals surface area contributed by atoms with Gasteiger partial charge in [-0.3, -0.25) is 9.59 Å². The van der Waals surface area contributed by atoms with Crippen LogP contribution >= 0.6 is 11.8 Å². The lowest BCUT2D eigenvalue weighted by atomic mass is 10.2. The highest BCUT2D eigenvalue weighted by Crippen LogP contribution is 2.25. The molecule has 1 aromatic rings. The van der Waals surface area contributed by atoms with Crippen LogP contribution in [0.3, 0.4) is 0 Å². The average Bonchev–Trinajstić information content (AvgIpc) is 2.70. The Hall–Kier alpha value is -1.82. The number of aliphatic imine (C=N–C) groups is 1. The fraction of sp³-hybridized carbons (Fsp3) is 0.250. The van der Waals surface area contributed by atoms with Gasteiger partial charge in [0.25, 0.3) is 5.24 Å². The molecule has 0 spiro atoms. The summed E-state index contributed by atoms with van der Waals surface area (Å²) in [5.41, 5.74) is 0.741. The molecule has 0 aromatic heterocycles. The van der Waals surface area contributed by atoms with Crippen molar-refractivity contribution >= 4 is 34.5 Å². The van der Waals surface area contributed by atoms with Crippen molar-refractivity contribution in [3.8, 4) is 0 Å². The highest BCUT2D eigenvalue weighted by Gasteiger charge is 2.31. The zero-order valence-corrected chi connectivity index (χ0v) is 10.6. The first-order valence-corrected chi connectivity index (χ1v) is 6.25. The Labute approximate surface area is 109 Å². The monoisotopic (exact) mass is 264 g/mol. The number of methoxy groups -OCH3 is 1. The van der Waals surface area contributed by atoms with Gasteiger partial charge in [-0.1, -0.05) is 30.0 Å². The van der Waals surface area contributed by atoms with Gasteiger partial charge in [0.2, 0.25) is 0 Å². The number of para-hydroxylation sites is 1. The lowest BCUT2D eigenvalue weighted by Crippen LogP contribution is -2.26. The maximum atomic E-state index is 11.3. The Morgan fingerprint density at radius 1 is 1.44 bits per heavy atom. The Kier molecular flexibility index (Phi) is 3.99. The van der Waals surface area contributed by atoms with E-state index in [1.165, 1.54) is 7.11 Å². The molecule has 18 heavy (non-hydrogen) atoms. The van der Waals surface area contributed by atoms with E-state index in [0.717, 1.165) is 17.4 Å². The molecule has 0 aliphatic carbocycles. The van der Waals surface area contributed by atoms with Crippen molar-refractivity contribution in [3.05, 3.63) is 30.3 Å². The second-order valence-electron chi connectivity index (χ2n) is 3.63. The molecule has 5 nitrogen and oxygen atoms in total. The molecule has 1 aromatic carbocycles. The maximum absolute atomic E-state index is 11.3. The number of ether oxygens (including phenoxy) is 1. The van der Waals surface area contributed by atoms with Crippen LogP contribution in [0.25, 0.3) is 0 Å². The third-order valence-corrected chi connectivity index (χ3v) is 3.36. The number of hydrogen-bond acceptors (Lipinski definition) is 5. The van der Waals surface area contributed by atoms with E-state index in [2.05, 4.69) is 15.0 Å². The first-order chi connectivity index (χ1) is 8.69. The van der Waals surface area contributed by atoms with Gasteiger partial charge in [-0.15, -0.1) is 0 Å². The van der Waals surface area contributed by atoms with Crippen LogP contribution in [-0.2, 0) is 9.53 Å². The van der Waals surface area contributed by atoms with Crippen molar-refractivity contribution in [2.75, 3.05) is 7.11 Å². The van der Waals surface area contributed by atoms with Gasteiger partial charge in [0.1, 0.15) is 5.84 Å². The van der Waals surface area contributed by atoms with E-state index in [0.29, 0.717) is 5.84 Å². The summed E-state index contributed by atoms with van der Waals surface area (Å²) in [6, 6.07) is 9.27. The minimum atomic E-state index is -0.357. The van der Waals surface area contributed by atoms with Crippen LogP contribution in [0.1, 0.15) is 6.42 Å². The van der Waals surface area contributed by atoms with E-state index in [4.69, 9.17) is 0 Å². The number of amidine groups is 1. The predicted molar refractivity (Wildman–Crippen MR) is 70.1 cm³/mol. The molecular formula is C12H12N2O3S. The van der Waals surface area contributed by atoms with Crippen molar-refractivity contribution in [2.24, 2.45) is 4.99 Å². The third kappa shape index (κ3) is 3.10. The van der Waals surface area contributed by atoms with E-state index in [1.54, 1.807) is 0 Å². The quantitative estimate of drug-likeness (QED) is 0.849. The second-order valence-corrected chi connectivity index (χ2v) is 4.81. The van der Waals surface area contributed by atoms with E-state index in [9.17, 15) is 9.59 Å². The van der Waals surface area contributed by atoms with Crippen LogP contribution in [0.4, 0.5) is 10.5 Å². The second kappa shape index (κ2) is 5.68. The number of esters is 1. The van der Waals surface area contributed by atoms with Gasteiger partial charge in [-0.2, -0.15) is 0 Å². The van der Waals surface area contributed by atoms with E-state index < -0.39 is 0 Å². The largest absolute Gasteiger partial charge is 0.469 e. The van der Waals surface area contributed by atoms with Crippen molar-refractivity contribution in [3.63, 3.8) is 0 Å². The van der Waals surface area contributed by atoms with Crippen LogP contribution in [0, 0.1) is 0 Å².